The molecule has 0 bridgehead atoms. The normalized spacial score (nSPS) is 32.0. The Hall–Kier alpha value is -2.30. The van der Waals surface area contributed by atoms with Crippen molar-refractivity contribution in [2.24, 2.45) is 17.3 Å². The number of aromatic hydroxyl groups is 1. The van der Waals surface area contributed by atoms with Gasteiger partial charge in [0, 0.05) is 12.3 Å². The van der Waals surface area contributed by atoms with Crippen molar-refractivity contribution in [1.29, 1.82) is 0 Å². The molecule has 1 aromatic rings. The molecule has 1 aromatic carbocycles. The number of aromatic carboxylic acids is 1. The lowest BCUT2D eigenvalue weighted by atomic mass is 9.59. The Morgan fingerprint density at radius 3 is 2.61 bits per heavy atom. The minimum atomic E-state index is -1.16. The average Bonchev–Trinajstić information content (AvgIpc) is 2.61. The third-order valence-corrected chi connectivity index (χ3v) is 7.24. The van der Waals surface area contributed by atoms with Gasteiger partial charge in [0.15, 0.2) is 0 Å². The molecule has 152 valence electrons. The molecular formula is C23H30O5. The number of Topliss-reactive ketones (excluding diaryl/α,β-unsaturated/α-hetero) is 1. The van der Waals surface area contributed by atoms with Crippen LogP contribution < -0.4 is 4.74 Å². The average molecular weight is 386 g/mol. The van der Waals surface area contributed by atoms with Gasteiger partial charge < -0.3 is 14.9 Å². The third-order valence-electron chi connectivity index (χ3n) is 7.24. The molecule has 1 fully saturated rings. The van der Waals surface area contributed by atoms with Gasteiger partial charge in [0.25, 0.3) is 0 Å². The Morgan fingerprint density at radius 1 is 1.29 bits per heavy atom. The van der Waals surface area contributed by atoms with E-state index in [0.29, 0.717) is 35.0 Å². The largest absolute Gasteiger partial charge is 0.506 e. The zero-order valence-electron chi connectivity index (χ0n) is 17.3. The standard InChI is InChI=1S/C23H30O5/c1-13-12-18-16(20(25)19(13)21(26)27)8-9-22(4,28-18)10-11-23(5)14(2)6-7-17(24)15(23)3/h8-9,12,14-15,25H,6-7,10-11H2,1-5H3,(H,26,27). The Bertz CT molecular complexity index is 855. The highest BCUT2D eigenvalue weighted by atomic mass is 16.5. The molecule has 0 amide bonds. The van der Waals surface area contributed by atoms with Crippen molar-refractivity contribution in [1.82, 2.24) is 0 Å². The molecule has 4 atom stereocenters. The van der Waals surface area contributed by atoms with Gasteiger partial charge in [0.05, 0.1) is 5.56 Å². The fourth-order valence-electron chi connectivity index (χ4n) is 4.66. The second-order valence-electron chi connectivity index (χ2n) is 9.02. The number of benzene rings is 1. The molecule has 4 unspecified atom stereocenters. The molecule has 28 heavy (non-hydrogen) atoms. The number of aryl methyl sites for hydroxylation is 1. The minimum absolute atomic E-state index is 0.0316. The van der Waals surface area contributed by atoms with Crippen LogP contribution in [0.5, 0.6) is 11.5 Å². The molecule has 0 saturated heterocycles. The van der Waals surface area contributed by atoms with Gasteiger partial charge in [-0.05, 0) is 68.2 Å². The van der Waals surface area contributed by atoms with Gasteiger partial charge in [-0.1, -0.05) is 20.8 Å². The van der Waals surface area contributed by atoms with Crippen molar-refractivity contribution in [3.8, 4) is 11.5 Å². The molecular weight excluding hydrogens is 356 g/mol. The highest BCUT2D eigenvalue weighted by Gasteiger charge is 2.45. The van der Waals surface area contributed by atoms with Crippen LogP contribution in [0.2, 0.25) is 0 Å². The molecule has 1 aliphatic heterocycles. The molecule has 2 N–H and O–H groups in total. The summed E-state index contributed by atoms with van der Waals surface area (Å²) in [4.78, 5) is 23.7. The number of ketones is 1. The van der Waals surface area contributed by atoms with Crippen LogP contribution in [-0.2, 0) is 4.79 Å². The summed E-state index contributed by atoms with van der Waals surface area (Å²) in [6.45, 7) is 10.1. The summed E-state index contributed by atoms with van der Waals surface area (Å²) in [5, 5.41) is 19.7. The van der Waals surface area contributed by atoms with Gasteiger partial charge in [0.1, 0.15) is 28.4 Å². The van der Waals surface area contributed by atoms with E-state index < -0.39 is 11.6 Å². The van der Waals surface area contributed by atoms with E-state index in [1.165, 1.54) is 0 Å². The second kappa shape index (κ2) is 6.94. The number of carboxylic acid groups (broad SMARTS) is 1. The van der Waals surface area contributed by atoms with E-state index >= 15 is 0 Å². The van der Waals surface area contributed by atoms with Crippen LogP contribution in [-0.4, -0.2) is 27.6 Å². The van der Waals surface area contributed by atoms with Crippen LogP contribution in [0.4, 0.5) is 0 Å². The number of carbonyl (C=O) groups excluding carboxylic acids is 1. The van der Waals surface area contributed by atoms with Crippen LogP contribution in [0, 0.1) is 24.2 Å². The zero-order chi connectivity index (χ0) is 20.9. The van der Waals surface area contributed by atoms with Crippen LogP contribution >= 0.6 is 0 Å². The van der Waals surface area contributed by atoms with E-state index in [1.807, 2.05) is 19.9 Å². The van der Waals surface area contributed by atoms with Gasteiger partial charge in [-0.2, -0.15) is 0 Å². The zero-order valence-corrected chi connectivity index (χ0v) is 17.3. The maximum atomic E-state index is 12.3. The lowest BCUT2D eigenvalue weighted by Crippen LogP contribution is -2.43. The van der Waals surface area contributed by atoms with Crippen LogP contribution in [0.25, 0.3) is 6.08 Å². The lowest BCUT2D eigenvalue weighted by molar-refractivity contribution is -0.132. The van der Waals surface area contributed by atoms with E-state index in [0.717, 1.165) is 19.3 Å². The highest BCUT2D eigenvalue weighted by molar-refractivity contribution is 5.95. The first-order valence-corrected chi connectivity index (χ1v) is 9.99. The lowest BCUT2D eigenvalue weighted by Gasteiger charge is -2.46. The quantitative estimate of drug-likeness (QED) is 0.762. The van der Waals surface area contributed by atoms with Crippen LogP contribution in [0.15, 0.2) is 12.1 Å². The third kappa shape index (κ3) is 3.31. The van der Waals surface area contributed by atoms with Crippen molar-refractivity contribution < 1.29 is 24.5 Å². The summed E-state index contributed by atoms with van der Waals surface area (Å²) in [5.41, 5.74) is 0.141. The molecule has 1 aliphatic carbocycles. The molecule has 0 radical (unpaired) electrons. The maximum absolute atomic E-state index is 12.3. The smallest absolute Gasteiger partial charge is 0.339 e. The number of phenols is 1. The molecule has 0 spiro atoms. The molecule has 1 saturated carbocycles. The topological polar surface area (TPSA) is 83.8 Å². The fraction of sp³-hybridized carbons (Fsp3) is 0.565. The SMILES string of the molecule is Cc1cc2c(c(O)c1C(=O)O)C=CC(C)(CCC1(C)C(C)CCC(=O)C1C)O2. The Labute approximate surface area is 166 Å². The number of hydrogen-bond donors (Lipinski definition) is 2. The number of hydrogen-bond acceptors (Lipinski definition) is 4. The summed E-state index contributed by atoms with van der Waals surface area (Å²) in [7, 11) is 0. The molecule has 5 heteroatoms. The van der Waals surface area contributed by atoms with Gasteiger partial charge >= 0.3 is 5.97 Å². The number of fused-ring (bicyclic) bond motifs is 1. The Balaban J connectivity index is 1.84. The summed E-state index contributed by atoms with van der Waals surface area (Å²) in [6.07, 6.45) is 6.84. The van der Waals surface area contributed by atoms with E-state index in [-0.39, 0.29) is 22.6 Å². The number of carboxylic acids is 1. The summed E-state index contributed by atoms with van der Waals surface area (Å²) >= 11 is 0. The predicted octanol–water partition coefficient (Wildman–Crippen LogP) is 4.98. The minimum Gasteiger partial charge on any atom is -0.506 e. The monoisotopic (exact) mass is 386 g/mol. The van der Waals surface area contributed by atoms with Crippen molar-refractivity contribution in [2.45, 2.75) is 65.9 Å². The maximum Gasteiger partial charge on any atom is 0.339 e. The Morgan fingerprint density at radius 2 is 1.96 bits per heavy atom. The number of carbonyl (C=O) groups is 2. The Kier molecular flexibility index (Phi) is 5.07. The first-order chi connectivity index (χ1) is 13.0. The van der Waals surface area contributed by atoms with Crippen LogP contribution in [0.1, 0.15) is 74.9 Å². The first kappa shape index (κ1) is 20.4. The van der Waals surface area contributed by atoms with Gasteiger partial charge in [-0.25, -0.2) is 4.79 Å². The van der Waals surface area contributed by atoms with Gasteiger partial charge in [0.2, 0.25) is 0 Å². The van der Waals surface area contributed by atoms with Crippen molar-refractivity contribution in [3.05, 3.63) is 28.8 Å². The van der Waals surface area contributed by atoms with E-state index in [2.05, 4.69) is 13.8 Å². The summed E-state index contributed by atoms with van der Waals surface area (Å²) in [5.74, 6) is -0.0728. The molecule has 0 aromatic heterocycles. The van der Waals surface area contributed by atoms with E-state index in [9.17, 15) is 19.8 Å². The van der Waals surface area contributed by atoms with Crippen molar-refractivity contribution in [3.63, 3.8) is 0 Å². The molecule has 2 aliphatic rings. The number of rotatable bonds is 4. The summed E-state index contributed by atoms with van der Waals surface area (Å²) < 4.78 is 6.22. The summed E-state index contributed by atoms with van der Waals surface area (Å²) in [6, 6.07) is 1.68. The first-order valence-electron chi connectivity index (χ1n) is 9.99. The highest BCUT2D eigenvalue weighted by Crippen LogP contribution is 2.49. The molecule has 3 rings (SSSR count). The van der Waals surface area contributed by atoms with Gasteiger partial charge in [-0.3, -0.25) is 4.79 Å². The van der Waals surface area contributed by atoms with Crippen LogP contribution in [0.3, 0.4) is 0 Å². The fourth-order valence-corrected chi connectivity index (χ4v) is 4.66. The molecule has 5 nitrogen and oxygen atoms in total. The van der Waals surface area contributed by atoms with Crippen molar-refractivity contribution in [2.75, 3.05) is 0 Å². The van der Waals surface area contributed by atoms with E-state index in [1.54, 1.807) is 19.1 Å². The van der Waals surface area contributed by atoms with Crippen molar-refractivity contribution >= 4 is 17.8 Å². The predicted molar refractivity (Wildman–Crippen MR) is 108 cm³/mol. The van der Waals surface area contributed by atoms with Gasteiger partial charge in [-0.15, -0.1) is 0 Å². The second-order valence-corrected chi connectivity index (χ2v) is 9.02. The number of ether oxygens (including phenoxy) is 1. The van der Waals surface area contributed by atoms with E-state index in [4.69, 9.17) is 4.74 Å². The molecule has 1 heterocycles.